The maximum absolute atomic E-state index is 12.0. The van der Waals surface area contributed by atoms with E-state index in [4.69, 9.17) is 5.73 Å². The Morgan fingerprint density at radius 3 is 2.61 bits per heavy atom. The minimum atomic E-state index is -0.184. The summed E-state index contributed by atoms with van der Waals surface area (Å²) in [4.78, 5) is 13.9. The van der Waals surface area contributed by atoms with Gasteiger partial charge in [0.2, 0.25) is 5.91 Å². The van der Waals surface area contributed by atoms with Crippen molar-refractivity contribution in [2.75, 3.05) is 13.1 Å². The summed E-state index contributed by atoms with van der Waals surface area (Å²) in [6.07, 6.45) is 3.88. The molecule has 0 spiro atoms. The molecule has 0 aromatic rings. The second-order valence-corrected chi connectivity index (χ2v) is 6.40. The van der Waals surface area contributed by atoms with Crippen LogP contribution in [0, 0.1) is 17.8 Å². The van der Waals surface area contributed by atoms with Crippen molar-refractivity contribution in [3.05, 3.63) is 0 Å². The number of piperidine rings is 1. The number of carbonyl (C=O) groups excluding carboxylic acids is 1. The smallest absolute Gasteiger partial charge is 0.225 e. The van der Waals surface area contributed by atoms with Crippen molar-refractivity contribution in [3.8, 4) is 0 Å². The molecule has 0 radical (unpaired) electrons. The van der Waals surface area contributed by atoms with E-state index in [9.17, 15) is 9.90 Å². The lowest BCUT2D eigenvalue weighted by Gasteiger charge is -2.38. The number of hydrogen-bond donors (Lipinski definition) is 2. The summed E-state index contributed by atoms with van der Waals surface area (Å²) < 4.78 is 0. The predicted molar refractivity (Wildman–Crippen MR) is 70.8 cm³/mol. The van der Waals surface area contributed by atoms with Crippen molar-refractivity contribution >= 4 is 5.91 Å². The first-order valence-electron chi connectivity index (χ1n) is 7.19. The van der Waals surface area contributed by atoms with Crippen LogP contribution in [0.5, 0.6) is 0 Å². The van der Waals surface area contributed by atoms with Gasteiger partial charge in [0.15, 0.2) is 0 Å². The molecule has 1 saturated heterocycles. The number of hydrogen-bond acceptors (Lipinski definition) is 3. The molecule has 4 heteroatoms. The van der Waals surface area contributed by atoms with Gasteiger partial charge < -0.3 is 15.7 Å². The van der Waals surface area contributed by atoms with Crippen molar-refractivity contribution in [2.45, 2.75) is 51.7 Å². The molecule has 3 N–H and O–H groups in total. The molecule has 1 aliphatic carbocycles. The molecule has 3 unspecified atom stereocenters. The summed E-state index contributed by atoms with van der Waals surface area (Å²) in [5.41, 5.74) is 6.05. The molecular weight excluding hydrogens is 228 g/mol. The molecule has 0 aromatic carbocycles. The van der Waals surface area contributed by atoms with Crippen LogP contribution >= 0.6 is 0 Å². The van der Waals surface area contributed by atoms with Gasteiger partial charge in [-0.25, -0.2) is 0 Å². The highest BCUT2D eigenvalue weighted by Crippen LogP contribution is 2.36. The maximum atomic E-state index is 12.0. The van der Waals surface area contributed by atoms with E-state index in [2.05, 4.69) is 0 Å². The van der Waals surface area contributed by atoms with Gasteiger partial charge in [0.25, 0.3) is 0 Å². The molecule has 2 aliphatic rings. The van der Waals surface area contributed by atoms with Crippen molar-refractivity contribution < 1.29 is 9.90 Å². The highest BCUT2D eigenvalue weighted by molar-refractivity contribution is 5.78. The second-order valence-electron chi connectivity index (χ2n) is 6.40. The average Bonchev–Trinajstić information content (AvgIpc) is 3.10. The van der Waals surface area contributed by atoms with E-state index in [-0.39, 0.29) is 24.0 Å². The zero-order chi connectivity index (χ0) is 13.3. The molecule has 1 heterocycles. The van der Waals surface area contributed by atoms with Crippen LogP contribution in [-0.4, -0.2) is 41.1 Å². The molecule has 0 bridgehead atoms. The predicted octanol–water partition coefficient (Wildman–Crippen LogP) is 0.979. The first kappa shape index (κ1) is 13.8. The quantitative estimate of drug-likeness (QED) is 0.786. The number of aliphatic hydroxyl groups is 1. The second kappa shape index (κ2) is 5.57. The molecular formula is C14H26N2O2. The number of nitrogens with two attached hydrogens (primary N) is 1. The van der Waals surface area contributed by atoms with E-state index in [1.807, 2.05) is 18.7 Å². The highest BCUT2D eigenvalue weighted by Gasteiger charge is 2.35. The minimum Gasteiger partial charge on any atom is -0.393 e. The standard InChI is InChI=1S/C14H26N2O2/c1-9(2)14(18)16-7-10(5-12(15)8-16)6-13(17)11-3-4-11/h9-13,17H,3-8,15H2,1-2H3. The van der Waals surface area contributed by atoms with E-state index >= 15 is 0 Å². The van der Waals surface area contributed by atoms with Crippen LogP contribution in [0.15, 0.2) is 0 Å². The Balaban J connectivity index is 1.89. The summed E-state index contributed by atoms with van der Waals surface area (Å²) in [6.45, 7) is 5.30. The number of amides is 1. The van der Waals surface area contributed by atoms with Crippen LogP contribution in [-0.2, 0) is 4.79 Å². The Morgan fingerprint density at radius 1 is 1.39 bits per heavy atom. The molecule has 2 rings (SSSR count). The first-order valence-corrected chi connectivity index (χ1v) is 7.19. The van der Waals surface area contributed by atoms with E-state index in [1.54, 1.807) is 0 Å². The fourth-order valence-corrected chi connectivity index (χ4v) is 2.98. The van der Waals surface area contributed by atoms with E-state index in [1.165, 1.54) is 0 Å². The molecule has 3 atom stereocenters. The number of nitrogens with zero attached hydrogens (tertiary/aromatic N) is 1. The third kappa shape index (κ3) is 3.45. The Morgan fingerprint density at radius 2 is 2.06 bits per heavy atom. The Labute approximate surface area is 110 Å². The lowest BCUT2D eigenvalue weighted by atomic mass is 9.88. The Kier molecular flexibility index (Phi) is 4.28. The molecule has 2 fully saturated rings. The number of carbonyl (C=O) groups is 1. The zero-order valence-electron chi connectivity index (χ0n) is 11.5. The van der Waals surface area contributed by atoms with Gasteiger partial charge in [-0.1, -0.05) is 13.8 Å². The maximum Gasteiger partial charge on any atom is 0.225 e. The topological polar surface area (TPSA) is 66.6 Å². The molecule has 0 aromatic heterocycles. The SMILES string of the molecule is CC(C)C(=O)N1CC(N)CC(CC(O)C2CC2)C1. The summed E-state index contributed by atoms with van der Waals surface area (Å²) in [5, 5.41) is 10.0. The molecule has 18 heavy (non-hydrogen) atoms. The van der Waals surface area contributed by atoms with Crippen LogP contribution in [0.3, 0.4) is 0 Å². The van der Waals surface area contributed by atoms with Gasteiger partial charge in [-0.3, -0.25) is 4.79 Å². The fraction of sp³-hybridized carbons (Fsp3) is 0.929. The van der Waals surface area contributed by atoms with E-state index in [0.29, 0.717) is 18.4 Å². The molecule has 4 nitrogen and oxygen atoms in total. The van der Waals surface area contributed by atoms with Gasteiger partial charge in [0, 0.05) is 25.0 Å². The van der Waals surface area contributed by atoms with Crippen molar-refractivity contribution in [3.63, 3.8) is 0 Å². The van der Waals surface area contributed by atoms with Crippen LogP contribution in [0.1, 0.15) is 39.5 Å². The number of aliphatic hydroxyl groups excluding tert-OH is 1. The van der Waals surface area contributed by atoms with Gasteiger partial charge >= 0.3 is 0 Å². The normalized spacial score (nSPS) is 30.6. The number of likely N-dealkylation sites (tertiary alicyclic amines) is 1. The summed E-state index contributed by atoms with van der Waals surface area (Å²) in [7, 11) is 0. The summed E-state index contributed by atoms with van der Waals surface area (Å²) >= 11 is 0. The lowest BCUT2D eigenvalue weighted by molar-refractivity contribution is -0.137. The first-order chi connectivity index (χ1) is 8.47. The molecule has 1 aliphatic heterocycles. The fourth-order valence-electron chi connectivity index (χ4n) is 2.98. The summed E-state index contributed by atoms with van der Waals surface area (Å²) in [5.74, 6) is 1.10. The molecule has 1 saturated carbocycles. The van der Waals surface area contributed by atoms with Crippen molar-refractivity contribution in [1.29, 1.82) is 0 Å². The monoisotopic (exact) mass is 254 g/mol. The third-order valence-corrected chi connectivity index (χ3v) is 4.12. The molecule has 104 valence electrons. The third-order valence-electron chi connectivity index (χ3n) is 4.12. The van der Waals surface area contributed by atoms with Crippen molar-refractivity contribution in [1.82, 2.24) is 4.90 Å². The highest BCUT2D eigenvalue weighted by atomic mass is 16.3. The zero-order valence-corrected chi connectivity index (χ0v) is 11.5. The minimum absolute atomic E-state index is 0.0318. The van der Waals surface area contributed by atoms with Crippen LogP contribution in [0.25, 0.3) is 0 Å². The van der Waals surface area contributed by atoms with E-state index in [0.717, 1.165) is 32.2 Å². The summed E-state index contributed by atoms with van der Waals surface area (Å²) in [6, 6.07) is 0.0675. The lowest BCUT2D eigenvalue weighted by Crippen LogP contribution is -2.51. The van der Waals surface area contributed by atoms with E-state index < -0.39 is 0 Å². The Bertz CT molecular complexity index is 302. The largest absolute Gasteiger partial charge is 0.393 e. The van der Waals surface area contributed by atoms with Crippen LogP contribution in [0.4, 0.5) is 0 Å². The van der Waals surface area contributed by atoms with Gasteiger partial charge in [0.05, 0.1) is 6.10 Å². The molecule has 1 amide bonds. The van der Waals surface area contributed by atoms with Gasteiger partial charge in [-0.2, -0.15) is 0 Å². The van der Waals surface area contributed by atoms with Gasteiger partial charge in [-0.15, -0.1) is 0 Å². The Hall–Kier alpha value is -0.610. The average molecular weight is 254 g/mol. The van der Waals surface area contributed by atoms with Crippen LogP contribution < -0.4 is 5.73 Å². The van der Waals surface area contributed by atoms with Gasteiger partial charge in [-0.05, 0) is 37.5 Å². The van der Waals surface area contributed by atoms with Gasteiger partial charge in [0.1, 0.15) is 0 Å². The van der Waals surface area contributed by atoms with Crippen molar-refractivity contribution in [2.24, 2.45) is 23.5 Å². The van der Waals surface area contributed by atoms with Crippen LogP contribution in [0.2, 0.25) is 0 Å². The number of rotatable bonds is 4.